The second-order valence-electron chi connectivity index (χ2n) is 13.1. The third kappa shape index (κ3) is 11.6. The van der Waals surface area contributed by atoms with E-state index in [9.17, 15) is 9.59 Å². The first-order chi connectivity index (χ1) is 21.1. The molecule has 0 unspecified atom stereocenters. The van der Waals surface area contributed by atoms with E-state index in [1.54, 1.807) is 4.63 Å². The van der Waals surface area contributed by atoms with Crippen LogP contribution in [0, 0.1) is 6.92 Å². The van der Waals surface area contributed by atoms with Gasteiger partial charge in [0, 0.05) is 17.4 Å². The summed E-state index contributed by atoms with van der Waals surface area (Å²) in [6, 6.07) is 5.66. The van der Waals surface area contributed by atoms with E-state index in [4.69, 9.17) is 16.3 Å². The van der Waals surface area contributed by atoms with Gasteiger partial charge in [-0.15, -0.1) is 5.10 Å². The summed E-state index contributed by atoms with van der Waals surface area (Å²) in [6.45, 7) is 10.8. The molecular formula is C35H54ClN5O3. The molecule has 0 aliphatic carbocycles. The summed E-state index contributed by atoms with van der Waals surface area (Å²) < 4.78 is 6.94. The highest BCUT2D eigenvalue weighted by Gasteiger charge is 2.25. The van der Waals surface area contributed by atoms with Gasteiger partial charge in [0.15, 0.2) is 11.5 Å². The Labute approximate surface area is 269 Å². The second kappa shape index (κ2) is 18.2. The van der Waals surface area contributed by atoms with Crippen LogP contribution in [0.5, 0.6) is 0 Å². The molecule has 2 heterocycles. The number of hydrogen-bond donors (Lipinski definition) is 2. The van der Waals surface area contributed by atoms with E-state index >= 15 is 0 Å². The Morgan fingerprint density at radius 2 is 1.50 bits per heavy atom. The number of hydrogen-bond acceptors (Lipinski definition) is 5. The van der Waals surface area contributed by atoms with Gasteiger partial charge < -0.3 is 10.1 Å². The SMILES string of the molecule is CCCCCCCCCCCCCCCCOC(=O)CCC(=O)Nc1ccc(C)cc1-c1nc2c(Cl)c(C(C)(C)C)[nH]n2n1. The molecular weight excluding hydrogens is 574 g/mol. The van der Waals surface area contributed by atoms with E-state index in [0.717, 1.165) is 24.1 Å². The minimum atomic E-state index is -0.340. The van der Waals surface area contributed by atoms with Crippen LogP contribution in [0.1, 0.15) is 142 Å². The first-order valence-electron chi connectivity index (χ1n) is 16.8. The number of unbranched alkanes of at least 4 members (excludes halogenated alkanes) is 13. The lowest BCUT2D eigenvalue weighted by Gasteiger charge is -2.16. The molecule has 2 N–H and O–H groups in total. The molecule has 244 valence electrons. The maximum Gasteiger partial charge on any atom is 0.306 e. The molecule has 2 aromatic heterocycles. The summed E-state index contributed by atoms with van der Waals surface area (Å²) in [5, 5.41) is 11.3. The van der Waals surface area contributed by atoms with Crippen molar-refractivity contribution in [2.75, 3.05) is 11.9 Å². The highest BCUT2D eigenvalue weighted by atomic mass is 35.5. The van der Waals surface area contributed by atoms with Crippen molar-refractivity contribution in [3.63, 3.8) is 0 Å². The number of benzene rings is 1. The van der Waals surface area contributed by atoms with Crippen molar-refractivity contribution in [2.24, 2.45) is 0 Å². The summed E-state index contributed by atoms with van der Waals surface area (Å²) in [5.41, 5.74) is 3.47. The maximum absolute atomic E-state index is 12.7. The predicted octanol–water partition coefficient (Wildman–Crippen LogP) is 9.73. The average molecular weight is 628 g/mol. The molecule has 0 saturated heterocycles. The van der Waals surface area contributed by atoms with Crippen LogP contribution >= 0.6 is 11.6 Å². The van der Waals surface area contributed by atoms with E-state index in [2.05, 4.69) is 48.2 Å². The molecule has 0 atom stereocenters. The Hall–Kier alpha value is -2.87. The van der Waals surface area contributed by atoms with Crippen molar-refractivity contribution < 1.29 is 14.3 Å². The summed E-state index contributed by atoms with van der Waals surface area (Å²) in [6.07, 6.45) is 18.1. The van der Waals surface area contributed by atoms with Crippen LogP contribution in [0.25, 0.3) is 17.0 Å². The number of aryl methyl sites for hydroxylation is 1. The van der Waals surface area contributed by atoms with Crippen LogP contribution in [0.15, 0.2) is 18.2 Å². The molecule has 0 bridgehead atoms. The number of ether oxygens (including phenoxy) is 1. The van der Waals surface area contributed by atoms with E-state index < -0.39 is 0 Å². The fourth-order valence-corrected chi connectivity index (χ4v) is 5.79. The zero-order valence-corrected chi connectivity index (χ0v) is 28.5. The largest absolute Gasteiger partial charge is 0.466 e. The van der Waals surface area contributed by atoms with Crippen molar-refractivity contribution in [3.05, 3.63) is 34.5 Å². The quantitative estimate of drug-likeness (QED) is 0.0959. The number of aromatic nitrogens is 4. The summed E-state index contributed by atoms with van der Waals surface area (Å²) in [7, 11) is 0. The Morgan fingerprint density at radius 3 is 2.07 bits per heavy atom. The standard InChI is InChI=1S/C35H54ClN5O3/c1-6-7-8-9-10-11-12-13-14-15-16-17-18-19-24-44-30(43)23-22-29(42)37-28-21-20-26(2)25-27(28)33-38-34-31(36)32(35(3,4)5)39-41(34)40-33/h20-21,25,39H,6-19,22-24H2,1-5H3,(H,37,42). The van der Waals surface area contributed by atoms with Gasteiger partial charge in [0.25, 0.3) is 0 Å². The molecule has 3 aromatic rings. The van der Waals surface area contributed by atoms with Crippen molar-refractivity contribution in [1.29, 1.82) is 0 Å². The summed E-state index contributed by atoms with van der Waals surface area (Å²) >= 11 is 6.61. The van der Waals surface area contributed by atoms with Crippen LogP contribution in [0.4, 0.5) is 5.69 Å². The maximum atomic E-state index is 12.7. The number of esters is 1. The zero-order valence-electron chi connectivity index (χ0n) is 27.7. The van der Waals surface area contributed by atoms with Crippen LogP contribution in [0.3, 0.4) is 0 Å². The number of nitrogens with one attached hydrogen (secondary N) is 2. The highest BCUT2D eigenvalue weighted by molar-refractivity contribution is 6.34. The predicted molar refractivity (Wildman–Crippen MR) is 180 cm³/mol. The molecule has 9 heteroatoms. The van der Waals surface area contributed by atoms with Crippen molar-refractivity contribution in [3.8, 4) is 11.4 Å². The highest BCUT2D eigenvalue weighted by Crippen LogP contribution is 2.33. The van der Waals surface area contributed by atoms with Gasteiger partial charge in [0.05, 0.1) is 24.4 Å². The molecule has 0 spiro atoms. The summed E-state index contributed by atoms with van der Waals surface area (Å²) in [5.74, 6) is -0.153. The van der Waals surface area contributed by atoms with E-state index in [1.165, 1.54) is 77.0 Å². The molecule has 1 aromatic carbocycles. The Bertz CT molecular complexity index is 1320. The van der Waals surface area contributed by atoms with Gasteiger partial charge in [0.1, 0.15) is 5.02 Å². The molecule has 44 heavy (non-hydrogen) atoms. The van der Waals surface area contributed by atoms with Gasteiger partial charge in [-0.05, 0) is 25.5 Å². The van der Waals surface area contributed by atoms with Crippen LogP contribution < -0.4 is 5.32 Å². The van der Waals surface area contributed by atoms with Gasteiger partial charge in [-0.3, -0.25) is 14.7 Å². The molecule has 0 aliphatic rings. The lowest BCUT2D eigenvalue weighted by molar-refractivity contribution is -0.144. The Balaban J connectivity index is 1.32. The smallest absolute Gasteiger partial charge is 0.306 e. The fourth-order valence-electron chi connectivity index (χ4n) is 5.35. The topological polar surface area (TPSA) is 101 Å². The third-order valence-electron chi connectivity index (χ3n) is 8.00. The van der Waals surface area contributed by atoms with Crippen LogP contribution in [0.2, 0.25) is 5.02 Å². The minimum Gasteiger partial charge on any atom is -0.466 e. The third-order valence-corrected chi connectivity index (χ3v) is 8.36. The number of fused-ring (bicyclic) bond motifs is 1. The van der Waals surface area contributed by atoms with Crippen molar-refractivity contribution >= 4 is 34.8 Å². The Morgan fingerprint density at radius 1 is 0.909 bits per heavy atom. The van der Waals surface area contributed by atoms with E-state index in [0.29, 0.717) is 34.4 Å². The minimum absolute atomic E-state index is 0.0442. The Kier molecular flexibility index (Phi) is 14.7. The zero-order chi connectivity index (χ0) is 32.0. The molecule has 0 aliphatic heterocycles. The second-order valence-corrected chi connectivity index (χ2v) is 13.5. The first kappa shape index (κ1) is 35.6. The molecule has 0 fully saturated rings. The van der Waals surface area contributed by atoms with Crippen LogP contribution in [-0.4, -0.2) is 38.3 Å². The number of anilines is 1. The van der Waals surface area contributed by atoms with Gasteiger partial charge in [-0.1, -0.05) is 134 Å². The normalized spacial score (nSPS) is 11.8. The number of H-pyrrole nitrogens is 1. The van der Waals surface area contributed by atoms with Gasteiger partial charge in [-0.2, -0.15) is 4.63 Å². The number of amides is 1. The monoisotopic (exact) mass is 627 g/mol. The van der Waals surface area contributed by atoms with Crippen LogP contribution in [-0.2, 0) is 19.7 Å². The number of carbonyl (C=O) groups excluding carboxylic acids is 2. The summed E-state index contributed by atoms with van der Waals surface area (Å²) in [4.78, 5) is 29.6. The number of halogens is 1. The molecule has 0 saturated carbocycles. The van der Waals surface area contributed by atoms with Crippen molar-refractivity contribution in [2.45, 2.75) is 143 Å². The molecule has 0 radical (unpaired) electrons. The van der Waals surface area contributed by atoms with Gasteiger partial charge in [0.2, 0.25) is 5.91 Å². The fraction of sp³-hybridized carbons (Fsp3) is 0.657. The first-order valence-corrected chi connectivity index (χ1v) is 17.2. The molecule has 1 amide bonds. The van der Waals surface area contributed by atoms with E-state index in [1.807, 2.05) is 25.1 Å². The van der Waals surface area contributed by atoms with Gasteiger partial charge in [-0.25, -0.2) is 4.98 Å². The van der Waals surface area contributed by atoms with E-state index in [-0.39, 0.29) is 30.1 Å². The number of rotatable bonds is 20. The average Bonchev–Trinajstić information content (AvgIpc) is 3.54. The van der Waals surface area contributed by atoms with Crippen molar-refractivity contribution in [1.82, 2.24) is 19.8 Å². The number of nitrogens with zero attached hydrogens (tertiary/aromatic N) is 3. The lowest BCUT2D eigenvalue weighted by Crippen LogP contribution is -2.15. The number of carbonyl (C=O) groups is 2. The molecule has 3 rings (SSSR count). The number of aromatic amines is 1. The lowest BCUT2D eigenvalue weighted by atomic mass is 9.92. The van der Waals surface area contributed by atoms with Gasteiger partial charge >= 0.3 is 5.97 Å². The molecule has 8 nitrogen and oxygen atoms in total.